The van der Waals surface area contributed by atoms with Crippen molar-refractivity contribution in [2.75, 3.05) is 13.2 Å². The zero-order chi connectivity index (χ0) is 58.5. The van der Waals surface area contributed by atoms with Crippen molar-refractivity contribution in [1.29, 1.82) is 0 Å². The second-order valence-corrected chi connectivity index (χ2v) is 20.5. The average Bonchev–Trinajstić information content (AvgIpc) is 3.47. The smallest absolute Gasteiger partial charge is 0.306 e. The highest BCUT2D eigenvalue weighted by atomic mass is 16.6. The zero-order valence-electron chi connectivity index (χ0n) is 51.7. The first-order chi connectivity index (χ1) is 40.0. The monoisotopic (exact) mass is 1110 g/mol. The number of hydrogen-bond acceptors (Lipinski definition) is 6. The number of unbranched alkanes of at least 4 members (excludes halogenated alkanes) is 15. The van der Waals surface area contributed by atoms with Crippen molar-refractivity contribution in [2.45, 2.75) is 258 Å². The van der Waals surface area contributed by atoms with E-state index in [2.05, 4.69) is 203 Å². The Kier molecular flexibility index (Phi) is 62.5. The van der Waals surface area contributed by atoms with E-state index in [0.29, 0.717) is 12.8 Å². The van der Waals surface area contributed by atoms with Crippen LogP contribution < -0.4 is 0 Å². The first-order valence-electron chi connectivity index (χ1n) is 32.3. The third-order valence-corrected chi connectivity index (χ3v) is 12.9. The summed E-state index contributed by atoms with van der Waals surface area (Å²) in [7, 11) is 0. The standard InChI is InChI=1S/C75H116O6/c1-4-7-10-13-16-19-22-25-28-31-33-35-36-37-38-40-41-44-47-50-53-56-59-62-65-68-74(77)80-71-72(70-79-73(76)67-64-61-58-55-52-49-46-43-30-27-24-21-18-15-12-9-6-3)81-75(78)69-66-63-60-57-54-51-48-45-42-39-34-32-29-26-23-20-17-14-11-8-5-2/h7,9-10,12,16,18-19,21,23,25-28,30,32-35,37-38,41-42,44-46,49-50,53,55,58,72H,4-6,8,11,13-15,17,20,22,24,29,31,36,39-40,43,47-48,51-52,54,56-57,59-71H2,1-3H3/b10-7-,12-9-,19-16-,21-18-,26-23-,28-25-,30-27-,34-32-,35-33-,38-37-,44-41-,45-42-,49-46-,53-50-,58-55-. The molecule has 0 fully saturated rings. The minimum absolute atomic E-state index is 0.128. The summed E-state index contributed by atoms with van der Waals surface area (Å²) < 4.78 is 16.8. The van der Waals surface area contributed by atoms with Crippen LogP contribution >= 0.6 is 0 Å². The van der Waals surface area contributed by atoms with E-state index >= 15 is 0 Å². The fourth-order valence-electron chi connectivity index (χ4n) is 8.11. The van der Waals surface area contributed by atoms with Crippen LogP contribution in [-0.4, -0.2) is 37.2 Å². The van der Waals surface area contributed by atoms with Gasteiger partial charge in [-0.1, -0.05) is 261 Å². The van der Waals surface area contributed by atoms with Gasteiger partial charge in [-0.2, -0.15) is 0 Å². The topological polar surface area (TPSA) is 78.9 Å². The number of carbonyl (C=O) groups excluding carboxylic acids is 3. The van der Waals surface area contributed by atoms with Gasteiger partial charge in [0.2, 0.25) is 0 Å². The SMILES string of the molecule is CC/C=C\C/C=C\C/C=C\C/C=C\C/C=C\C/C=C\C/C=C\CCCCCC(=O)OCC(COC(=O)CCC/C=C\C/C=C\C/C=C\C/C=C\C/C=C\CC)OC(=O)CCCCCCCC/C=C\C/C=C\C/C=C\CCCCCCC. The summed E-state index contributed by atoms with van der Waals surface area (Å²) in [6.45, 7) is 6.30. The normalized spacial score (nSPS) is 13.4. The minimum Gasteiger partial charge on any atom is -0.462 e. The number of carbonyl (C=O) groups is 3. The molecule has 0 saturated heterocycles. The first kappa shape index (κ1) is 75.5. The Hall–Kier alpha value is -5.49. The van der Waals surface area contributed by atoms with Crippen molar-refractivity contribution in [1.82, 2.24) is 0 Å². The van der Waals surface area contributed by atoms with Gasteiger partial charge >= 0.3 is 17.9 Å². The van der Waals surface area contributed by atoms with Gasteiger partial charge in [-0.05, 0) is 154 Å². The van der Waals surface area contributed by atoms with Gasteiger partial charge in [-0.25, -0.2) is 0 Å². The Morgan fingerprint density at radius 2 is 0.494 bits per heavy atom. The maximum Gasteiger partial charge on any atom is 0.306 e. The molecule has 0 radical (unpaired) electrons. The fraction of sp³-hybridized carbons (Fsp3) is 0.560. The number of rotatable bonds is 56. The summed E-state index contributed by atoms with van der Waals surface area (Å²) in [5, 5.41) is 0. The Bertz CT molecular complexity index is 1900. The summed E-state index contributed by atoms with van der Waals surface area (Å²) >= 11 is 0. The molecule has 0 aliphatic carbocycles. The highest BCUT2D eigenvalue weighted by molar-refractivity contribution is 5.71. The lowest BCUT2D eigenvalue weighted by atomic mass is 10.1. The third-order valence-electron chi connectivity index (χ3n) is 12.9. The molecule has 452 valence electrons. The maximum absolute atomic E-state index is 12.9. The van der Waals surface area contributed by atoms with Gasteiger partial charge in [0.25, 0.3) is 0 Å². The van der Waals surface area contributed by atoms with Crippen molar-refractivity contribution in [3.63, 3.8) is 0 Å². The van der Waals surface area contributed by atoms with Crippen LogP contribution in [0.2, 0.25) is 0 Å². The minimum atomic E-state index is -0.835. The molecule has 0 N–H and O–H groups in total. The number of allylic oxidation sites excluding steroid dienone is 30. The second kappa shape index (κ2) is 67.0. The molecule has 0 heterocycles. The highest BCUT2D eigenvalue weighted by Gasteiger charge is 2.19. The van der Waals surface area contributed by atoms with Gasteiger partial charge < -0.3 is 14.2 Å². The van der Waals surface area contributed by atoms with E-state index in [9.17, 15) is 14.4 Å². The molecule has 0 aromatic rings. The van der Waals surface area contributed by atoms with E-state index in [0.717, 1.165) is 154 Å². The lowest BCUT2D eigenvalue weighted by Crippen LogP contribution is -2.30. The van der Waals surface area contributed by atoms with Gasteiger partial charge in [-0.15, -0.1) is 0 Å². The largest absolute Gasteiger partial charge is 0.462 e. The van der Waals surface area contributed by atoms with Crippen molar-refractivity contribution in [3.05, 3.63) is 182 Å². The molecular weight excluding hydrogens is 997 g/mol. The predicted octanol–water partition coefficient (Wildman–Crippen LogP) is 22.4. The zero-order valence-corrected chi connectivity index (χ0v) is 51.7. The highest BCUT2D eigenvalue weighted by Crippen LogP contribution is 2.13. The summed E-state index contributed by atoms with van der Waals surface area (Å²) in [5.41, 5.74) is 0. The first-order valence-corrected chi connectivity index (χ1v) is 32.3. The molecule has 0 saturated carbocycles. The second-order valence-electron chi connectivity index (χ2n) is 20.5. The molecule has 81 heavy (non-hydrogen) atoms. The van der Waals surface area contributed by atoms with Crippen LogP contribution in [0.1, 0.15) is 252 Å². The van der Waals surface area contributed by atoms with Crippen molar-refractivity contribution in [2.24, 2.45) is 0 Å². The molecule has 1 unspecified atom stereocenters. The van der Waals surface area contributed by atoms with Crippen molar-refractivity contribution in [3.8, 4) is 0 Å². The lowest BCUT2D eigenvalue weighted by molar-refractivity contribution is -0.167. The lowest BCUT2D eigenvalue weighted by Gasteiger charge is -2.18. The third kappa shape index (κ3) is 65.2. The molecule has 0 spiro atoms. The molecule has 0 aromatic heterocycles. The summed E-state index contributed by atoms with van der Waals surface area (Å²) in [5.74, 6) is -1.04. The van der Waals surface area contributed by atoms with Crippen LogP contribution in [0.3, 0.4) is 0 Å². The molecule has 0 amide bonds. The molecule has 6 nitrogen and oxygen atoms in total. The van der Waals surface area contributed by atoms with Crippen LogP contribution in [0.25, 0.3) is 0 Å². The predicted molar refractivity (Wildman–Crippen MR) is 352 cm³/mol. The molecule has 0 bridgehead atoms. The van der Waals surface area contributed by atoms with Crippen molar-refractivity contribution < 1.29 is 28.6 Å². The quantitative estimate of drug-likeness (QED) is 0.0261. The van der Waals surface area contributed by atoms with Crippen LogP contribution in [0.4, 0.5) is 0 Å². The summed E-state index contributed by atoms with van der Waals surface area (Å²) in [6.07, 6.45) is 100. The molecule has 0 rings (SSSR count). The molecule has 1 atom stereocenters. The summed E-state index contributed by atoms with van der Waals surface area (Å²) in [4.78, 5) is 38.3. The molecule has 0 aliphatic rings. The van der Waals surface area contributed by atoms with Crippen molar-refractivity contribution >= 4 is 17.9 Å². The van der Waals surface area contributed by atoms with Crippen LogP contribution in [0, 0.1) is 0 Å². The van der Waals surface area contributed by atoms with Gasteiger partial charge in [-0.3, -0.25) is 14.4 Å². The van der Waals surface area contributed by atoms with E-state index in [1.54, 1.807) is 0 Å². The van der Waals surface area contributed by atoms with Crippen LogP contribution in [0.15, 0.2) is 182 Å². The Labute approximate surface area is 497 Å². The van der Waals surface area contributed by atoms with Gasteiger partial charge in [0, 0.05) is 19.3 Å². The van der Waals surface area contributed by atoms with Gasteiger partial charge in [0.05, 0.1) is 0 Å². The fourth-order valence-corrected chi connectivity index (χ4v) is 8.11. The Morgan fingerprint density at radius 3 is 0.815 bits per heavy atom. The maximum atomic E-state index is 12.9. The van der Waals surface area contributed by atoms with Gasteiger partial charge in [0.15, 0.2) is 6.10 Å². The van der Waals surface area contributed by atoms with E-state index in [-0.39, 0.29) is 44.0 Å². The van der Waals surface area contributed by atoms with Crippen LogP contribution in [-0.2, 0) is 28.6 Å². The van der Waals surface area contributed by atoms with E-state index in [1.165, 1.54) is 51.4 Å². The molecular formula is C75H116O6. The number of ether oxygens (including phenoxy) is 3. The molecule has 0 aliphatic heterocycles. The van der Waals surface area contributed by atoms with Crippen LogP contribution in [0.5, 0.6) is 0 Å². The summed E-state index contributed by atoms with van der Waals surface area (Å²) in [6, 6.07) is 0. The Balaban J connectivity index is 4.58. The van der Waals surface area contributed by atoms with E-state index < -0.39 is 6.10 Å². The number of hydrogen-bond donors (Lipinski definition) is 0. The average molecular weight is 1110 g/mol. The van der Waals surface area contributed by atoms with Gasteiger partial charge in [0.1, 0.15) is 13.2 Å². The van der Waals surface area contributed by atoms with E-state index in [4.69, 9.17) is 14.2 Å². The van der Waals surface area contributed by atoms with E-state index in [1.807, 2.05) is 0 Å². The molecule has 0 aromatic carbocycles. The molecule has 6 heteroatoms. The number of esters is 3. The Morgan fingerprint density at radius 1 is 0.259 bits per heavy atom.